The molecule has 0 saturated carbocycles. The van der Waals surface area contributed by atoms with E-state index < -0.39 is 0 Å². The molecule has 0 spiro atoms. The van der Waals surface area contributed by atoms with Gasteiger partial charge in [0.05, 0.1) is 0 Å². The Labute approximate surface area is 124 Å². The zero-order valence-electron chi connectivity index (χ0n) is 11.8. The normalized spacial score (nSPS) is 10.1. The van der Waals surface area contributed by atoms with Crippen molar-refractivity contribution in [2.75, 3.05) is 11.9 Å². The Kier molecular flexibility index (Phi) is 5.79. The molecule has 2 aromatic carbocycles. The van der Waals surface area contributed by atoms with Gasteiger partial charge < -0.3 is 15.2 Å². The van der Waals surface area contributed by atoms with Crippen LogP contribution in [0.3, 0.4) is 0 Å². The summed E-state index contributed by atoms with van der Waals surface area (Å²) in [5, 5.41) is 11.5. The Bertz CT molecular complexity index is 552. The number of ether oxygens (including phenoxy) is 1. The molecule has 0 heterocycles. The summed E-state index contributed by atoms with van der Waals surface area (Å²) in [6, 6.07) is 16.8. The number of carbonyl (C=O) groups excluding carboxylic acids is 1. The van der Waals surface area contributed by atoms with Crippen molar-refractivity contribution >= 4 is 11.6 Å². The van der Waals surface area contributed by atoms with Gasteiger partial charge in [0.15, 0.2) is 0 Å². The number of anilines is 1. The summed E-state index contributed by atoms with van der Waals surface area (Å²) in [5.41, 5.74) is 0.740. The van der Waals surface area contributed by atoms with E-state index in [4.69, 9.17) is 9.84 Å². The molecule has 21 heavy (non-hydrogen) atoms. The van der Waals surface area contributed by atoms with E-state index in [0.717, 1.165) is 17.2 Å². The van der Waals surface area contributed by atoms with E-state index in [1.807, 2.05) is 54.6 Å². The van der Waals surface area contributed by atoms with Gasteiger partial charge in [0.25, 0.3) is 0 Å². The number of unbranched alkanes of at least 4 members (excludes halogenated alkanes) is 1. The largest absolute Gasteiger partial charge is 0.457 e. The number of aliphatic hydroxyl groups is 1. The summed E-state index contributed by atoms with van der Waals surface area (Å²) < 4.78 is 5.68. The highest BCUT2D eigenvalue weighted by molar-refractivity contribution is 5.90. The molecule has 0 atom stereocenters. The fourth-order valence-corrected chi connectivity index (χ4v) is 1.85. The third-order valence-electron chi connectivity index (χ3n) is 2.93. The van der Waals surface area contributed by atoms with Gasteiger partial charge in [-0.3, -0.25) is 4.79 Å². The van der Waals surface area contributed by atoms with Crippen molar-refractivity contribution in [2.24, 2.45) is 0 Å². The highest BCUT2D eigenvalue weighted by Gasteiger charge is 2.02. The van der Waals surface area contributed by atoms with Gasteiger partial charge in [-0.1, -0.05) is 18.2 Å². The average molecular weight is 285 g/mol. The van der Waals surface area contributed by atoms with Crippen LogP contribution in [0.15, 0.2) is 54.6 Å². The summed E-state index contributed by atoms with van der Waals surface area (Å²) in [5.74, 6) is 1.46. The summed E-state index contributed by atoms with van der Waals surface area (Å²) in [7, 11) is 0. The maximum atomic E-state index is 11.6. The fraction of sp³-hybridized carbons (Fsp3) is 0.235. The van der Waals surface area contributed by atoms with E-state index in [1.165, 1.54) is 0 Å². The summed E-state index contributed by atoms with van der Waals surface area (Å²) in [6.07, 6.45) is 1.76. The van der Waals surface area contributed by atoms with Gasteiger partial charge in [-0.05, 0) is 49.2 Å². The average Bonchev–Trinajstić information content (AvgIpc) is 2.51. The predicted molar refractivity (Wildman–Crippen MR) is 82.5 cm³/mol. The number of amides is 1. The maximum Gasteiger partial charge on any atom is 0.224 e. The molecule has 0 aliphatic heterocycles. The monoisotopic (exact) mass is 285 g/mol. The van der Waals surface area contributed by atoms with Crippen molar-refractivity contribution in [1.29, 1.82) is 0 Å². The molecule has 1 amide bonds. The van der Waals surface area contributed by atoms with Crippen molar-refractivity contribution < 1.29 is 14.6 Å². The zero-order valence-corrected chi connectivity index (χ0v) is 11.8. The second-order valence-electron chi connectivity index (χ2n) is 4.67. The van der Waals surface area contributed by atoms with Crippen LogP contribution in [0.25, 0.3) is 0 Å². The lowest BCUT2D eigenvalue weighted by Gasteiger charge is -2.08. The van der Waals surface area contributed by atoms with Gasteiger partial charge >= 0.3 is 0 Å². The second-order valence-corrected chi connectivity index (χ2v) is 4.67. The zero-order chi connectivity index (χ0) is 14.9. The SMILES string of the molecule is O=C(CCCCO)Nc1ccc(Oc2ccccc2)cc1. The molecule has 2 rings (SSSR count). The molecule has 0 unspecified atom stereocenters. The molecule has 0 bridgehead atoms. The lowest BCUT2D eigenvalue weighted by atomic mass is 10.2. The van der Waals surface area contributed by atoms with E-state index in [1.54, 1.807) is 0 Å². The van der Waals surface area contributed by atoms with Crippen LogP contribution in [-0.2, 0) is 4.79 Å². The molecule has 4 nitrogen and oxygen atoms in total. The van der Waals surface area contributed by atoms with Crippen molar-refractivity contribution in [2.45, 2.75) is 19.3 Å². The van der Waals surface area contributed by atoms with Crippen molar-refractivity contribution in [3.8, 4) is 11.5 Å². The lowest BCUT2D eigenvalue weighted by molar-refractivity contribution is -0.116. The van der Waals surface area contributed by atoms with Gasteiger partial charge in [-0.25, -0.2) is 0 Å². The number of carbonyl (C=O) groups is 1. The minimum Gasteiger partial charge on any atom is -0.457 e. The number of hydrogen-bond acceptors (Lipinski definition) is 3. The summed E-state index contributed by atoms with van der Waals surface area (Å²) in [4.78, 5) is 11.6. The van der Waals surface area contributed by atoms with E-state index >= 15 is 0 Å². The van der Waals surface area contributed by atoms with Crippen molar-refractivity contribution in [3.63, 3.8) is 0 Å². The van der Waals surface area contributed by atoms with Crippen LogP contribution in [0.4, 0.5) is 5.69 Å². The molecule has 0 aromatic heterocycles. The molecular formula is C17H19NO3. The minimum absolute atomic E-state index is 0.0415. The second kappa shape index (κ2) is 8.07. The number of hydrogen-bond donors (Lipinski definition) is 2. The summed E-state index contributed by atoms with van der Waals surface area (Å²) in [6.45, 7) is 0.124. The van der Waals surface area contributed by atoms with Crippen LogP contribution in [0.5, 0.6) is 11.5 Å². The molecule has 4 heteroatoms. The van der Waals surface area contributed by atoms with Crippen LogP contribution < -0.4 is 10.1 Å². The Morgan fingerprint density at radius 2 is 1.62 bits per heavy atom. The highest BCUT2D eigenvalue weighted by atomic mass is 16.5. The topological polar surface area (TPSA) is 58.6 Å². The van der Waals surface area contributed by atoms with Crippen LogP contribution in [0.1, 0.15) is 19.3 Å². The number of para-hydroxylation sites is 1. The Morgan fingerprint density at radius 3 is 2.29 bits per heavy atom. The molecule has 0 saturated heterocycles. The van der Waals surface area contributed by atoms with E-state index in [0.29, 0.717) is 19.3 Å². The Balaban J connectivity index is 1.85. The van der Waals surface area contributed by atoms with Gasteiger partial charge in [-0.15, -0.1) is 0 Å². The third kappa shape index (κ3) is 5.28. The number of aliphatic hydroxyl groups excluding tert-OH is 1. The first-order chi connectivity index (χ1) is 10.3. The van der Waals surface area contributed by atoms with Gasteiger partial charge in [0, 0.05) is 18.7 Å². The number of benzene rings is 2. The maximum absolute atomic E-state index is 11.6. The van der Waals surface area contributed by atoms with E-state index in [-0.39, 0.29) is 12.5 Å². The molecule has 2 N–H and O–H groups in total. The van der Waals surface area contributed by atoms with Gasteiger partial charge in [0.1, 0.15) is 11.5 Å². The van der Waals surface area contributed by atoms with E-state index in [9.17, 15) is 4.79 Å². The molecule has 0 aliphatic carbocycles. The number of nitrogens with one attached hydrogen (secondary N) is 1. The molecular weight excluding hydrogens is 266 g/mol. The van der Waals surface area contributed by atoms with Gasteiger partial charge in [-0.2, -0.15) is 0 Å². The quantitative estimate of drug-likeness (QED) is 0.764. The van der Waals surface area contributed by atoms with E-state index in [2.05, 4.69) is 5.32 Å². The van der Waals surface area contributed by atoms with Crippen molar-refractivity contribution in [1.82, 2.24) is 0 Å². The Morgan fingerprint density at radius 1 is 0.952 bits per heavy atom. The predicted octanol–water partition coefficient (Wildman–Crippen LogP) is 3.58. The Hall–Kier alpha value is -2.33. The molecule has 110 valence electrons. The highest BCUT2D eigenvalue weighted by Crippen LogP contribution is 2.22. The molecule has 0 radical (unpaired) electrons. The molecule has 0 fully saturated rings. The first-order valence-corrected chi connectivity index (χ1v) is 7.01. The van der Waals surface area contributed by atoms with Crippen LogP contribution in [-0.4, -0.2) is 17.6 Å². The number of rotatable bonds is 7. The van der Waals surface area contributed by atoms with Crippen LogP contribution in [0.2, 0.25) is 0 Å². The first kappa shape index (κ1) is 15.1. The smallest absolute Gasteiger partial charge is 0.224 e. The summed E-state index contributed by atoms with van der Waals surface area (Å²) >= 11 is 0. The van der Waals surface area contributed by atoms with Crippen molar-refractivity contribution in [3.05, 3.63) is 54.6 Å². The first-order valence-electron chi connectivity index (χ1n) is 7.01. The molecule has 2 aromatic rings. The molecule has 0 aliphatic rings. The van der Waals surface area contributed by atoms with Crippen LogP contribution >= 0.6 is 0 Å². The standard InChI is InChI=1S/C17H19NO3/c19-13-5-4-8-17(20)18-14-9-11-16(12-10-14)21-15-6-2-1-3-7-15/h1-3,6-7,9-12,19H,4-5,8,13H2,(H,18,20). The van der Waals surface area contributed by atoms with Gasteiger partial charge in [0.2, 0.25) is 5.91 Å². The fourth-order valence-electron chi connectivity index (χ4n) is 1.85. The third-order valence-corrected chi connectivity index (χ3v) is 2.93. The lowest BCUT2D eigenvalue weighted by Crippen LogP contribution is -2.11. The minimum atomic E-state index is -0.0415. The van der Waals surface area contributed by atoms with Crippen LogP contribution in [0, 0.1) is 0 Å².